The van der Waals surface area contributed by atoms with Crippen LogP contribution in [0.4, 0.5) is 20.6 Å². The van der Waals surface area contributed by atoms with Gasteiger partial charge in [0.05, 0.1) is 17.4 Å². The molecule has 5 rings (SSSR count). The average Bonchev–Trinajstić information content (AvgIpc) is 2.73. The molecule has 2 aromatic carbocycles. The zero-order valence-corrected chi connectivity index (χ0v) is 15.7. The van der Waals surface area contributed by atoms with Gasteiger partial charge in [-0.2, -0.15) is 0 Å². The van der Waals surface area contributed by atoms with Crippen LogP contribution in [0, 0.1) is 11.2 Å². The van der Waals surface area contributed by atoms with E-state index in [4.69, 9.17) is 0 Å². The average molecular weight is 393 g/mol. The maximum atomic E-state index is 14.7. The monoisotopic (exact) mass is 393 g/mol. The molecule has 3 heterocycles. The number of para-hydroxylation sites is 2. The Labute approximate surface area is 167 Å². The molecular formula is C22H20FN3O3. The van der Waals surface area contributed by atoms with E-state index >= 15 is 0 Å². The molecule has 1 N–H and O–H groups in total. The highest BCUT2D eigenvalue weighted by molar-refractivity contribution is 6.30. The highest BCUT2D eigenvalue weighted by Gasteiger charge is 2.62. The van der Waals surface area contributed by atoms with Crippen molar-refractivity contribution >= 4 is 29.2 Å². The second kappa shape index (κ2) is 6.40. The number of fused-ring (bicyclic) bond motifs is 4. The van der Waals surface area contributed by atoms with Crippen LogP contribution in [-0.4, -0.2) is 30.4 Å². The second-order valence-electron chi connectivity index (χ2n) is 7.84. The van der Waals surface area contributed by atoms with E-state index in [2.05, 4.69) is 5.32 Å². The molecule has 4 amide bonds. The number of carbonyl (C=O) groups excluding carboxylic acids is 3. The van der Waals surface area contributed by atoms with Gasteiger partial charge in [0.15, 0.2) is 5.41 Å². The van der Waals surface area contributed by atoms with Crippen molar-refractivity contribution in [2.45, 2.75) is 31.7 Å². The third-order valence-electron chi connectivity index (χ3n) is 6.33. The molecule has 2 atom stereocenters. The van der Waals surface area contributed by atoms with E-state index in [0.717, 1.165) is 17.7 Å². The Morgan fingerprint density at radius 3 is 2.59 bits per heavy atom. The molecule has 29 heavy (non-hydrogen) atoms. The maximum absolute atomic E-state index is 14.7. The highest BCUT2D eigenvalue weighted by Crippen LogP contribution is 2.48. The van der Waals surface area contributed by atoms with Crippen LogP contribution < -0.4 is 15.1 Å². The van der Waals surface area contributed by atoms with Crippen LogP contribution in [0.1, 0.15) is 24.8 Å². The summed E-state index contributed by atoms with van der Waals surface area (Å²) in [6.45, 7) is 0.570. The van der Waals surface area contributed by atoms with Gasteiger partial charge in [-0.1, -0.05) is 30.3 Å². The van der Waals surface area contributed by atoms with Crippen molar-refractivity contribution in [3.63, 3.8) is 0 Å². The highest BCUT2D eigenvalue weighted by atomic mass is 19.1. The van der Waals surface area contributed by atoms with Crippen LogP contribution >= 0.6 is 0 Å². The largest absolute Gasteiger partial charge is 0.364 e. The van der Waals surface area contributed by atoms with Crippen molar-refractivity contribution < 1.29 is 18.8 Å². The molecule has 3 aliphatic rings. The van der Waals surface area contributed by atoms with Gasteiger partial charge in [0.2, 0.25) is 5.91 Å². The molecule has 7 heteroatoms. The van der Waals surface area contributed by atoms with E-state index in [1.165, 1.54) is 6.07 Å². The minimum atomic E-state index is -1.47. The van der Waals surface area contributed by atoms with Gasteiger partial charge in [-0.3, -0.25) is 14.9 Å². The summed E-state index contributed by atoms with van der Waals surface area (Å²) in [7, 11) is 0. The molecule has 2 fully saturated rings. The first-order valence-electron chi connectivity index (χ1n) is 9.83. The number of imide groups is 2. The van der Waals surface area contributed by atoms with Crippen molar-refractivity contribution in [2.75, 3.05) is 16.3 Å². The minimum absolute atomic E-state index is 0.0720. The van der Waals surface area contributed by atoms with Gasteiger partial charge < -0.3 is 4.90 Å². The number of anilines is 2. The Kier molecular flexibility index (Phi) is 3.94. The van der Waals surface area contributed by atoms with E-state index in [0.29, 0.717) is 29.9 Å². The Bertz CT molecular complexity index is 1030. The molecule has 1 spiro atoms. The molecule has 2 saturated heterocycles. The molecule has 0 bridgehead atoms. The molecule has 0 unspecified atom stereocenters. The minimum Gasteiger partial charge on any atom is -0.364 e. The third kappa shape index (κ3) is 2.43. The lowest BCUT2D eigenvalue weighted by Gasteiger charge is -2.53. The smallest absolute Gasteiger partial charge is 0.335 e. The first-order valence-corrected chi connectivity index (χ1v) is 9.83. The topological polar surface area (TPSA) is 69.7 Å². The Hall–Kier alpha value is -3.22. The van der Waals surface area contributed by atoms with Gasteiger partial charge in [-0.25, -0.2) is 14.1 Å². The number of urea groups is 1. The van der Waals surface area contributed by atoms with Gasteiger partial charge in [-0.15, -0.1) is 0 Å². The van der Waals surface area contributed by atoms with Crippen molar-refractivity contribution in [1.82, 2.24) is 5.32 Å². The number of nitrogens with zero attached hydrogens (tertiary/aromatic N) is 2. The predicted molar refractivity (Wildman–Crippen MR) is 105 cm³/mol. The number of hydrogen-bond donors (Lipinski definition) is 1. The quantitative estimate of drug-likeness (QED) is 0.757. The van der Waals surface area contributed by atoms with Crippen LogP contribution in [0.3, 0.4) is 0 Å². The summed E-state index contributed by atoms with van der Waals surface area (Å²) in [6, 6.07) is 12.1. The summed E-state index contributed by atoms with van der Waals surface area (Å²) in [5.74, 6) is -1.47. The standard InChI is InChI=1S/C22H20FN3O3/c23-16-10-6-7-14-13-22(17-11-4-5-12-25(17)18(14)16)19(27)24-21(29)26(20(22)28)15-8-2-1-3-9-15/h1-3,6-10,17H,4-5,11-13H2,(H,24,27,29)/t17-,22-/m1/s1. The first kappa shape index (κ1) is 17.8. The molecular weight excluding hydrogens is 373 g/mol. The summed E-state index contributed by atoms with van der Waals surface area (Å²) < 4.78 is 14.7. The second-order valence-corrected chi connectivity index (χ2v) is 7.84. The van der Waals surface area contributed by atoms with E-state index in [-0.39, 0.29) is 12.2 Å². The molecule has 2 aromatic rings. The van der Waals surface area contributed by atoms with Crippen molar-refractivity contribution in [2.24, 2.45) is 5.41 Å². The number of amides is 4. The van der Waals surface area contributed by atoms with Crippen molar-refractivity contribution in [3.8, 4) is 0 Å². The molecule has 0 aromatic heterocycles. The zero-order valence-electron chi connectivity index (χ0n) is 15.7. The number of halogens is 1. The van der Waals surface area contributed by atoms with Gasteiger partial charge in [0, 0.05) is 6.54 Å². The van der Waals surface area contributed by atoms with Crippen LogP contribution in [0.15, 0.2) is 48.5 Å². The van der Waals surface area contributed by atoms with Crippen LogP contribution in [0.2, 0.25) is 0 Å². The summed E-state index contributed by atoms with van der Waals surface area (Å²) in [5, 5.41) is 2.40. The van der Waals surface area contributed by atoms with Gasteiger partial charge >= 0.3 is 6.03 Å². The Morgan fingerprint density at radius 2 is 1.79 bits per heavy atom. The number of rotatable bonds is 1. The summed E-state index contributed by atoms with van der Waals surface area (Å²) >= 11 is 0. The SMILES string of the molecule is O=C1NC(=O)[C@]2(Cc3cccc(F)c3N3CCCC[C@@H]32)C(=O)N1c1ccccc1. The van der Waals surface area contributed by atoms with Crippen LogP contribution in [-0.2, 0) is 16.0 Å². The molecule has 6 nitrogen and oxygen atoms in total. The lowest BCUT2D eigenvalue weighted by molar-refractivity contribution is -0.145. The van der Waals surface area contributed by atoms with Gasteiger partial charge in [0.1, 0.15) is 5.82 Å². The summed E-state index contributed by atoms with van der Waals surface area (Å²) in [5.41, 5.74) is 0.0418. The van der Waals surface area contributed by atoms with E-state index in [1.54, 1.807) is 42.5 Å². The van der Waals surface area contributed by atoms with Gasteiger partial charge in [-0.05, 0) is 49.4 Å². The fourth-order valence-electron chi connectivity index (χ4n) is 5.07. The van der Waals surface area contributed by atoms with Gasteiger partial charge in [0.25, 0.3) is 5.91 Å². The number of carbonyl (C=O) groups is 3. The number of barbiturate groups is 1. The van der Waals surface area contributed by atoms with E-state index in [9.17, 15) is 18.8 Å². The number of piperidine rings is 1. The van der Waals surface area contributed by atoms with E-state index in [1.807, 2.05) is 4.90 Å². The molecule has 0 radical (unpaired) electrons. The zero-order chi connectivity index (χ0) is 20.2. The maximum Gasteiger partial charge on any atom is 0.335 e. The number of nitrogens with one attached hydrogen (secondary N) is 1. The summed E-state index contributed by atoms with van der Waals surface area (Å²) in [6.07, 6.45) is 2.36. The fourth-order valence-corrected chi connectivity index (χ4v) is 5.07. The van der Waals surface area contributed by atoms with E-state index < -0.39 is 29.3 Å². The number of hydrogen-bond acceptors (Lipinski definition) is 4. The summed E-state index contributed by atoms with van der Waals surface area (Å²) in [4.78, 5) is 42.5. The Morgan fingerprint density at radius 1 is 1.00 bits per heavy atom. The first-order chi connectivity index (χ1) is 14.0. The van der Waals surface area contributed by atoms with Crippen molar-refractivity contribution in [1.29, 1.82) is 0 Å². The molecule has 0 aliphatic carbocycles. The fraction of sp³-hybridized carbons (Fsp3) is 0.318. The van der Waals surface area contributed by atoms with Crippen molar-refractivity contribution in [3.05, 3.63) is 59.9 Å². The Balaban J connectivity index is 1.69. The number of benzene rings is 2. The third-order valence-corrected chi connectivity index (χ3v) is 6.33. The molecule has 0 saturated carbocycles. The van der Waals surface area contributed by atoms with Crippen LogP contribution in [0.5, 0.6) is 0 Å². The normalized spacial score (nSPS) is 26.2. The lowest BCUT2D eigenvalue weighted by Crippen LogP contribution is -2.73. The molecule has 148 valence electrons. The lowest BCUT2D eigenvalue weighted by atomic mass is 9.66. The molecule has 3 aliphatic heterocycles. The predicted octanol–water partition coefficient (Wildman–Crippen LogP) is 3.01. The van der Waals surface area contributed by atoms with Crippen LogP contribution in [0.25, 0.3) is 0 Å².